The third kappa shape index (κ3) is 29.7. The van der Waals surface area contributed by atoms with Crippen LogP contribution in [0.15, 0.2) is 36.5 Å². The second kappa shape index (κ2) is 35.1. The number of carbonyl (C=O) groups excluding carboxylic acids is 2. The van der Waals surface area contributed by atoms with Crippen LogP contribution >= 0.6 is 7.82 Å². The second-order valence-electron chi connectivity index (χ2n) is 15.7. The van der Waals surface area contributed by atoms with Gasteiger partial charge in [0.15, 0.2) is 12.4 Å². The topological polar surface area (TPSA) is 242 Å². The molecule has 1 heterocycles. The zero-order valence-corrected chi connectivity index (χ0v) is 37.2. The molecule has 348 valence electrons. The summed E-state index contributed by atoms with van der Waals surface area (Å²) in [5.41, 5.74) is 5.33. The van der Waals surface area contributed by atoms with Crippen molar-refractivity contribution in [3.8, 4) is 0 Å². The smallest absolute Gasteiger partial charge is 0.472 e. The van der Waals surface area contributed by atoms with Gasteiger partial charge in [-0.25, -0.2) is 4.57 Å². The monoisotopic (exact) mass is 876 g/mol. The molecular formula is C44H78NO14P. The molecular weight excluding hydrogens is 797 g/mol. The largest absolute Gasteiger partial charge is 0.480 e. The van der Waals surface area contributed by atoms with Gasteiger partial charge in [-0.2, -0.15) is 0 Å². The summed E-state index contributed by atoms with van der Waals surface area (Å²) < 4.78 is 38.3. The van der Waals surface area contributed by atoms with Crippen LogP contribution in [0.25, 0.3) is 0 Å². The third-order valence-electron chi connectivity index (χ3n) is 10.2. The number of nitrogens with two attached hydrogens (primary N) is 1. The molecule has 8 atom stereocenters. The normalized spacial score (nSPS) is 21.0. The lowest BCUT2D eigenvalue weighted by molar-refractivity contribution is -0.199. The Hall–Kier alpha value is -2.46. The van der Waals surface area contributed by atoms with Crippen molar-refractivity contribution in [3.63, 3.8) is 0 Å². The molecule has 1 saturated heterocycles. The zero-order valence-electron chi connectivity index (χ0n) is 36.3. The van der Waals surface area contributed by atoms with Crippen molar-refractivity contribution in [2.24, 2.45) is 11.7 Å². The predicted octanol–water partition coefficient (Wildman–Crippen LogP) is 7.72. The van der Waals surface area contributed by atoms with Gasteiger partial charge in [-0.1, -0.05) is 140 Å². The summed E-state index contributed by atoms with van der Waals surface area (Å²) in [7, 11) is -4.80. The van der Waals surface area contributed by atoms with Gasteiger partial charge in [0.2, 0.25) is 0 Å². The summed E-state index contributed by atoms with van der Waals surface area (Å²) in [5.74, 6) is -2.98. The van der Waals surface area contributed by atoms with Crippen LogP contribution in [0.3, 0.4) is 0 Å². The number of ether oxygens (including phenoxy) is 3. The number of phosphoric acid groups is 1. The number of carboxylic acid groups (broad SMARTS) is 1. The van der Waals surface area contributed by atoms with Crippen LogP contribution in [-0.4, -0.2) is 99.8 Å². The Balaban J connectivity index is 2.53. The molecule has 0 aromatic carbocycles. The number of allylic oxidation sites excluding steroid dienone is 3. The zero-order chi connectivity index (χ0) is 44.4. The number of carbonyl (C=O) groups is 3. The first-order valence-corrected chi connectivity index (χ1v) is 23.9. The van der Waals surface area contributed by atoms with Crippen molar-refractivity contribution < 1.29 is 67.5 Å². The molecule has 0 bridgehead atoms. The molecule has 15 nitrogen and oxygen atoms in total. The van der Waals surface area contributed by atoms with E-state index < -0.39 is 82.3 Å². The van der Waals surface area contributed by atoms with E-state index in [0.29, 0.717) is 32.1 Å². The molecule has 1 aliphatic heterocycles. The van der Waals surface area contributed by atoms with Crippen LogP contribution in [0, 0.1) is 5.92 Å². The van der Waals surface area contributed by atoms with E-state index in [1.807, 2.05) is 31.2 Å². The number of hydrogen-bond donors (Lipinski definition) is 6. The van der Waals surface area contributed by atoms with Gasteiger partial charge in [-0.3, -0.25) is 23.4 Å². The highest BCUT2D eigenvalue weighted by Crippen LogP contribution is 2.43. The number of aliphatic hydroxyl groups is 3. The molecule has 0 amide bonds. The van der Waals surface area contributed by atoms with Gasteiger partial charge in [0.1, 0.15) is 12.6 Å². The summed E-state index contributed by atoms with van der Waals surface area (Å²) in [6, 6.07) is -1.57. The predicted molar refractivity (Wildman–Crippen MR) is 230 cm³/mol. The lowest BCUT2D eigenvalue weighted by atomic mass is 9.87. The molecule has 0 spiro atoms. The molecule has 1 aliphatic rings. The van der Waals surface area contributed by atoms with Gasteiger partial charge in [0.25, 0.3) is 0 Å². The second-order valence-corrected chi connectivity index (χ2v) is 17.1. The Bertz CT molecular complexity index is 1280. The van der Waals surface area contributed by atoms with Crippen molar-refractivity contribution in [2.45, 2.75) is 198 Å². The molecule has 0 aliphatic carbocycles. The number of phosphoric ester groups is 1. The maximum atomic E-state index is 12.8. The van der Waals surface area contributed by atoms with Crippen molar-refractivity contribution in [1.29, 1.82) is 0 Å². The highest BCUT2D eigenvalue weighted by Gasteiger charge is 2.35. The molecule has 60 heavy (non-hydrogen) atoms. The van der Waals surface area contributed by atoms with Crippen molar-refractivity contribution in [3.05, 3.63) is 36.5 Å². The number of carboxylic acids is 1. The number of aliphatic hydroxyl groups excluding tert-OH is 3. The molecule has 0 aromatic heterocycles. The summed E-state index contributed by atoms with van der Waals surface area (Å²) >= 11 is 0. The standard InChI is InChI=1S/C44H78NO14P/c1-3-5-7-8-9-10-11-12-13-14-15-16-17-18-23-27-41(48)55-32-36(33-56-60(53,54)57-34-38(45)44(51)52)58-42(49)28-24-20-19-22-26-37-39(47)31-43(50)59-40(37)30-29-35(46)25-21-6-4-2/h6,19,21-22,29-30,35-40,43,46-47,50H,3-5,7-18,20,23-28,31-34,45H2,1-2H3,(H,51,52)(H,53,54)/b21-6-,22-19-,30-29+. The van der Waals surface area contributed by atoms with Crippen LogP contribution in [-0.2, 0) is 42.2 Å². The maximum Gasteiger partial charge on any atom is 0.472 e. The van der Waals surface area contributed by atoms with E-state index in [-0.39, 0.29) is 25.2 Å². The van der Waals surface area contributed by atoms with Gasteiger partial charge < -0.3 is 45.3 Å². The Labute approximate surface area is 358 Å². The number of hydrogen-bond acceptors (Lipinski definition) is 13. The van der Waals surface area contributed by atoms with Crippen LogP contribution in [0.1, 0.15) is 162 Å². The van der Waals surface area contributed by atoms with Gasteiger partial charge in [-0.05, 0) is 38.5 Å². The van der Waals surface area contributed by atoms with Gasteiger partial charge in [0, 0.05) is 25.2 Å². The number of esters is 2. The van der Waals surface area contributed by atoms with Crippen LogP contribution in [0.4, 0.5) is 0 Å². The summed E-state index contributed by atoms with van der Waals surface area (Å²) in [6.45, 7) is 2.33. The molecule has 0 aromatic rings. The fourth-order valence-electron chi connectivity index (χ4n) is 6.59. The highest BCUT2D eigenvalue weighted by atomic mass is 31.2. The molecule has 16 heteroatoms. The van der Waals surface area contributed by atoms with Crippen LogP contribution in [0.2, 0.25) is 0 Å². The lowest BCUT2D eigenvalue weighted by Gasteiger charge is -2.36. The van der Waals surface area contributed by atoms with E-state index in [2.05, 4.69) is 11.4 Å². The van der Waals surface area contributed by atoms with Crippen LogP contribution in [0.5, 0.6) is 0 Å². The van der Waals surface area contributed by atoms with Crippen molar-refractivity contribution in [1.82, 2.24) is 0 Å². The minimum atomic E-state index is -4.80. The molecule has 7 N–H and O–H groups in total. The van der Waals surface area contributed by atoms with E-state index in [1.54, 1.807) is 12.2 Å². The van der Waals surface area contributed by atoms with Crippen molar-refractivity contribution >= 4 is 25.7 Å². The Morgan fingerprint density at radius 3 is 1.97 bits per heavy atom. The summed E-state index contributed by atoms with van der Waals surface area (Å²) in [5, 5.41) is 39.8. The van der Waals surface area contributed by atoms with Crippen LogP contribution < -0.4 is 5.73 Å². The minimum Gasteiger partial charge on any atom is -0.480 e. The SMILES string of the molecule is CC/C=C\CC(O)/C=C/C1OC(O)CC(O)C1C/C=C\CCCC(=O)OC(COC(=O)CCCCCCCCCCCCCCCCC)COP(=O)(O)OCC(N)C(=O)O. The van der Waals surface area contributed by atoms with E-state index in [1.165, 1.54) is 70.6 Å². The summed E-state index contributed by atoms with van der Waals surface area (Å²) in [6.07, 6.45) is 27.0. The van der Waals surface area contributed by atoms with Gasteiger partial charge >= 0.3 is 25.7 Å². The molecule has 1 fully saturated rings. The number of aliphatic carboxylic acids is 1. The third-order valence-corrected chi connectivity index (χ3v) is 11.1. The average Bonchev–Trinajstić information content (AvgIpc) is 3.20. The number of unbranched alkanes of at least 4 members (excludes halogenated alkanes) is 15. The van der Waals surface area contributed by atoms with Gasteiger partial charge in [0.05, 0.1) is 31.5 Å². The molecule has 0 radical (unpaired) electrons. The lowest BCUT2D eigenvalue weighted by Crippen LogP contribution is -2.43. The minimum absolute atomic E-state index is 0.0360. The maximum absolute atomic E-state index is 12.8. The molecule has 0 saturated carbocycles. The van der Waals surface area contributed by atoms with E-state index in [0.717, 1.165) is 25.7 Å². The molecule has 8 unspecified atom stereocenters. The first kappa shape index (κ1) is 55.6. The van der Waals surface area contributed by atoms with E-state index in [9.17, 15) is 39.2 Å². The summed E-state index contributed by atoms with van der Waals surface area (Å²) in [4.78, 5) is 46.2. The average molecular weight is 876 g/mol. The first-order valence-electron chi connectivity index (χ1n) is 22.4. The van der Waals surface area contributed by atoms with Gasteiger partial charge in [-0.15, -0.1) is 0 Å². The molecule has 1 rings (SSSR count). The Morgan fingerprint density at radius 1 is 0.783 bits per heavy atom. The fraction of sp³-hybridized carbons (Fsp3) is 0.795. The Morgan fingerprint density at radius 2 is 1.37 bits per heavy atom. The highest BCUT2D eigenvalue weighted by molar-refractivity contribution is 7.47. The quantitative estimate of drug-likeness (QED) is 0.0151. The first-order chi connectivity index (χ1) is 28.8. The van der Waals surface area contributed by atoms with E-state index >= 15 is 0 Å². The van der Waals surface area contributed by atoms with E-state index in [4.69, 9.17) is 29.6 Å². The van der Waals surface area contributed by atoms with Crippen molar-refractivity contribution in [2.75, 3.05) is 19.8 Å². The fourth-order valence-corrected chi connectivity index (χ4v) is 7.37. The number of rotatable bonds is 37. The Kier molecular flexibility index (Phi) is 32.5.